The van der Waals surface area contributed by atoms with Gasteiger partial charge in [0.15, 0.2) is 7.98 Å². The van der Waals surface area contributed by atoms with Gasteiger partial charge < -0.3 is 15.3 Å². The van der Waals surface area contributed by atoms with E-state index < -0.39 is 0 Å². The molecule has 0 aliphatic carbocycles. The highest BCUT2D eigenvalue weighted by atomic mass is 16.5. The van der Waals surface area contributed by atoms with Gasteiger partial charge >= 0.3 is 0 Å². The Labute approximate surface area is 115 Å². The summed E-state index contributed by atoms with van der Waals surface area (Å²) in [5.41, 5.74) is 8.68. The SMILES string of the molecule is [B]N(Cc1ccccc1)Cc1ccc(N)c(OC)c1. The monoisotopic (exact) mass is 252 g/mol. The normalized spacial score (nSPS) is 10.6. The molecule has 2 radical (unpaired) electrons. The second-order valence-electron chi connectivity index (χ2n) is 4.47. The van der Waals surface area contributed by atoms with Crippen LogP contribution in [0.1, 0.15) is 11.1 Å². The lowest BCUT2D eigenvalue weighted by atomic mass is 10.1. The van der Waals surface area contributed by atoms with E-state index in [-0.39, 0.29) is 0 Å². The highest BCUT2D eigenvalue weighted by molar-refractivity contribution is 6.04. The maximum absolute atomic E-state index is 6.03. The van der Waals surface area contributed by atoms with E-state index in [1.54, 1.807) is 11.9 Å². The molecule has 0 heterocycles. The molecule has 0 aromatic heterocycles. The number of ether oxygens (including phenoxy) is 1. The van der Waals surface area contributed by atoms with Crippen molar-refractivity contribution in [1.82, 2.24) is 4.81 Å². The van der Waals surface area contributed by atoms with Gasteiger partial charge in [-0.05, 0) is 23.3 Å². The van der Waals surface area contributed by atoms with Crippen molar-refractivity contribution in [2.75, 3.05) is 12.8 Å². The van der Waals surface area contributed by atoms with Gasteiger partial charge in [-0.25, -0.2) is 0 Å². The van der Waals surface area contributed by atoms with Crippen LogP contribution in [0.4, 0.5) is 5.69 Å². The molecule has 2 rings (SSSR count). The molecule has 0 saturated heterocycles. The van der Waals surface area contributed by atoms with Gasteiger partial charge in [0.25, 0.3) is 0 Å². The lowest BCUT2D eigenvalue weighted by Gasteiger charge is -2.18. The van der Waals surface area contributed by atoms with Crippen molar-refractivity contribution in [3.8, 4) is 5.75 Å². The molecule has 19 heavy (non-hydrogen) atoms. The van der Waals surface area contributed by atoms with Gasteiger partial charge in [-0.3, -0.25) is 0 Å². The molecule has 0 aliphatic heterocycles. The Bertz CT molecular complexity index is 531. The third-order valence-corrected chi connectivity index (χ3v) is 2.91. The number of benzene rings is 2. The largest absolute Gasteiger partial charge is 0.495 e. The minimum absolute atomic E-state index is 0.637. The molecular formula is C15H17BN2O. The van der Waals surface area contributed by atoms with Crippen LogP contribution in [0.3, 0.4) is 0 Å². The summed E-state index contributed by atoms with van der Waals surface area (Å²) in [6.07, 6.45) is 0. The number of hydrogen-bond donors (Lipinski definition) is 1. The summed E-state index contributed by atoms with van der Waals surface area (Å²) >= 11 is 0. The number of anilines is 1. The zero-order valence-corrected chi connectivity index (χ0v) is 11.0. The second kappa shape index (κ2) is 6.30. The first-order valence-corrected chi connectivity index (χ1v) is 6.15. The maximum atomic E-state index is 6.03. The molecule has 0 unspecified atom stereocenters. The maximum Gasteiger partial charge on any atom is 0.183 e. The summed E-state index contributed by atoms with van der Waals surface area (Å²) in [6.45, 7) is 1.35. The van der Waals surface area contributed by atoms with Crippen molar-refractivity contribution < 1.29 is 4.74 Å². The fraction of sp³-hybridized carbons (Fsp3) is 0.200. The van der Waals surface area contributed by atoms with Gasteiger partial charge in [-0.2, -0.15) is 0 Å². The van der Waals surface area contributed by atoms with Crippen LogP contribution in [0, 0.1) is 0 Å². The Hall–Kier alpha value is -1.94. The van der Waals surface area contributed by atoms with Gasteiger partial charge in [-0.15, -0.1) is 0 Å². The Morgan fingerprint density at radius 2 is 1.74 bits per heavy atom. The molecule has 4 heteroatoms. The van der Waals surface area contributed by atoms with E-state index in [4.69, 9.17) is 18.5 Å². The predicted octanol–water partition coefficient (Wildman–Crippen LogP) is 2.36. The summed E-state index contributed by atoms with van der Waals surface area (Å²) in [4.78, 5) is 1.76. The third-order valence-electron chi connectivity index (χ3n) is 2.91. The highest BCUT2D eigenvalue weighted by Gasteiger charge is 2.04. The molecule has 0 bridgehead atoms. The van der Waals surface area contributed by atoms with Crippen molar-refractivity contribution in [2.24, 2.45) is 0 Å². The summed E-state index contributed by atoms with van der Waals surface area (Å²) in [7, 11) is 7.64. The topological polar surface area (TPSA) is 38.5 Å². The fourth-order valence-corrected chi connectivity index (χ4v) is 1.96. The zero-order chi connectivity index (χ0) is 13.7. The minimum atomic E-state index is 0.637. The summed E-state index contributed by atoms with van der Waals surface area (Å²) in [5, 5.41) is 0. The predicted molar refractivity (Wildman–Crippen MR) is 78.8 cm³/mol. The van der Waals surface area contributed by atoms with Crippen molar-refractivity contribution in [1.29, 1.82) is 0 Å². The number of nitrogens with two attached hydrogens (primary N) is 1. The standard InChI is InChI=1S/C15H17BN2O/c1-19-15-9-13(7-8-14(15)17)11-18(16)10-12-5-3-2-4-6-12/h2-9H,10-11,17H2,1H3. The van der Waals surface area contributed by atoms with Gasteiger partial charge in [0.2, 0.25) is 0 Å². The number of nitrogens with zero attached hydrogens (tertiary/aromatic N) is 1. The van der Waals surface area contributed by atoms with Crippen LogP contribution in [-0.2, 0) is 13.1 Å². The third kappa shape index (κ3) is 3.76. The van der Waals surface area contributed by atoms with Gasteiger partial charge in [0.1, 0.15) is 5.75 Å². The lowest BCUT2D eigenvalue weighted by molar-refractivity contribution is 0.412. The molecule has 0 saturated carbocycles. The smallest absolute Gasteiger partial charge is 0.183 e. The van der Waals surface area contributed by atoms with Crippen LogP contribution < -0.4 is 10.5 Å². The van der Waals surface area contributed by atoms with Crippen LogP contribution in [0.5, 0.6) is 5.75 Å². The molecule has 0 aliphatic rings. The average molecular weight is 252 g/mol. The first kappa shape index (κ1) is 13.5. The Kier molecular flexibility index (Phi) is 4.47. The van der Waals surface area contributed by atoms with E-state index in [0.29, 0.717) is 24.5 Å². The van der Waals surface area contributed by atoms with E-state index in [1.807, 2.05) is 36.4 Å². The van der Waals surface area contributed by atoms with Gasteiger partial charge in [0, 0.05) is 13.1 Å². The number of nitrogen functional groups attached to an aromatic ring is 1. The van der Waals surface area contributed by atoms with Crippen LogP contribution in [0.15, 0.2) is 48.5 Å². The quantitative estimate of drug-likeness (QED) is 0.655. The fourth-order valence-electron chi connectivity index (χ4n) is 1.96. The lowest BCUT2D eigenvalue weighted by Crippen LogP contribution is -2.19. The average Bonchev–Trinajstić information content (AvgIpc) is 2.42. The molecule has 0 fully saturated rings. The van der Waals surface area contributed by atoms with Gasteiger partial charge in [-0.1, -0.05) is 36.4 Å². The van der Waals surface area contributed by atoms with E-state index in [0.717, 1.165) is 5.56 Å². The van der Waals surface area contributed by atoms with Crippen molar-refractivity contribution in [3.63, 3.8) is 0 Å². The molecule has 2 aromatic rings. The van der Waals surface area contributed by atoms with Crippen molar-refractivity contribution in [3.05, 3.63) is 59.7 Å². The number of hydrogen-bond acceptors (Lipinski definition) is 3. The Morgan fingerprint density at radius 1 is 1.05 bits per heavy atom. The molecule has 2 N–H and O–H groups in total. The summed E-state index contributed by atoms with van der Waals surface area (Å²) in [6, 6.07) is 15.8. The molecular weight excluding hydrogens is 235 g/mol. The van der Waals surface area contributed by atoms with Crippen LogP contribution in [-0.4, -0.2) is 19.9 Å². The molecule has 0 atom stereocenters. The zero-order valence-electron chi connectivity index (χ0n) is 11.0. The van der Waals surface area contributed by atoms with Crippen molar-refractivity contribution in [2.45, 2.75) is 13.1 Å². The Balaban J connectivity index is 2.01. The number of methoxy groups -OCH3 is 1. The van der Waals surface area contributed by atoms with Crippen LogP contribution in [0.25, 0.3) is 0 Å². The molecule has 2 aromatic carbocycles. The van der Waals surface area contributed by atoms with Crippen LogP contribution >= 0.6 is 0 Å². The second-order valence-corrected chi connectivity index (χ2v) is 4.47. The van der Waals surface area contributed by atoms with Gasteiger partial charge in [0.05, 0.1) is 12.8 Å². The Morgan fingerprint density at radius 3 is 2.42 bits per heavy atom. The first-order chi connectivity index (χ1) is 9.19. The number of rotatable bonds is 5. The highest BCUT2D eigenvalue weighted by Crippen LogP contribution is 2.22. The molecule has 0 spiro atoms. The minimum Gasteiger partial charge on any atom is -0.495 e. The molecule has 0 amide bonds. The summed E-state index contributed by atoms with van der Waals surface area (Å²) in [5.74, 6) is 0.686. The summed E-state index contributed by atoms with van der Waals surface area (Å²) < 4.78 is 5.20. The van der Waals surface area contributed by atoms with Crippen molar-refractivity contribution >= 4 is 13.7 Å². The van der Waals surface area contributed by atoms with E-state index in [2.05, 4.69) is 12.1 Å². The first-order valence-electron chi connectivity index (χ1n) is 6.15. The molecule has 96 valence electrons. The van der Waals surface area contributed by atoms with Crippen LogP contribution in [0.2, 0.25) is 0 Å². The molecule has 3 nitrogen and oxygen atoms in total. The van der Waals surface area contributed by atoms with E-state index >= 15 is 0 Å². The van der Waals surface area contributed by atoms with E-state index in [1.165, 1.54) is 5.56 Å². The van der Waals surface area contributed by atoms with E-state index in [9.17, 15) is 0 Å².